The number of benzene rings is 8. The van der Waals surface area contributed by atoms with Gasteiger partial charge in [-0.2, -0.15) is 0 Å². The van der Waals surface area contributed by atoms with Crippen LogP contribution in [0.15, 0.2) is 170 Å². The van der Waals surface area contributed by atoms with Crippen LogP contribution < -0.4 is 26.1 Å². The molecule has 238 valence electrons. The van der Waals surface area contributed by atoms with Crippen molar-refractivity contribution in [1.29, 1.82) is 0 Å². The van der Waals surface area contributed by atoms with Crippen molar-refractivity contribution in [2.24, 2.45) is 0 Å². The Labute approximate surface area is 304 Å². The summed E-state index contributed by atoms with van der Waals surface area (Å²) in [5, 5.41) is 5.83. The first kappa shape index (κ1) is 30.2. The predicted molar refractivity (Wildman–Crippen MR) is 217 cm³/mol. The van der Waals surface area contributed by atoms with Crippen molar-refractivity contribution in [2.45, 2.75) is 25.7 Å². The van der Waals surface area contributed by atoms with E-state index in [4.69, 9.17) is 0 Å². The third-order valence-corrected chi connectivity index (χ3v) is 21.4. The molecule has 0 aliphatic heterocycles. The number of rotatable bonds is 7. The number of aryl methyl sites for hydroxylation is 4. The van der Waals surface area contributed by atoms with Gasteiger partial charge in [-0.1, -0.05) is 0 Å². The molecule has 0 fully saturated rings. The molecular weight excluding hydrogens is 726 g/mol. The van der Waals surface area contributed by atoms with Crippen molar-refractivity contribution in [3.8, 4) is 11.1 Å². The van der Waals surface area contributed by atoms with Crippen molar-refractivity contribution in [2.75, 3.05) is 0 Å². The molecule has 0 amide bonds. The SMILES string of the molecule is c1ccc([As](c2ccc(-c3ccc([As](c4ccccc4)c4ccc5cccc6c5c4CC6)cc3)cc2)c2ccc3cccc4c3c2CC4)cc1. The minimum atomic E-state index is -1.76. The van der Waals surface area contributed by atoms with Gasteiger partial charge in [-0.05, 0) is 0 Å². The van der Waals surface area contributed by atoms with E-state index in [-0.39, 0.29) is 0 Å². The maximum absolute atomic E-state index is 2.46. The van der Waals surface area contributed by atoms with Crippen LogP contribution in [0, 0.1) is 0 Å². The zero-order valence-electron chi connectivity index (χ0n) is 27.9. The standard InChI is InChI=1S/C48H36As2/c1-3-13-39(14-4-1)49(45-31-23-37-11-7-9-35-21-29-43(45)47(35)37)41-25-17-33(18-26-41)34-19-27-42(28-20-34)50(40-15-5-2-6-16-40)46-32-24-38-12-8-10-36-22-30-44(46)48(36)38/h1-20,23-28,31-32H,21-22,29-30H2. The summed E-state index contributed by atoms with van der Waals surface area (Å²) in [6.07, 6.45) is 4.63. The van der Waals surface area contributed by atoms with Crippen LogP contribution in [-0.4, -0.2) is 29.3 Å². The van der Waals surface area contributed by atoms with Gasteiger partial charge >= 0.3 is 306 Å². The first-order chi connectivity index (χ1) is 24.8. The van der Waals surface area contributed by atoms with Gasteiger partial charge in [0.2, 0.25) is 0 Å². The molecule has 50 heavy (non-hydrogen) atoms. The Morgan fingerprint density at radius 2 is 0.700 bits per heavy atom. The second-order valence-electron chi connectivity index (χ2n) is 13.6. The van der Waals surface area contributed by atoms with Crippen LogP contribution in [-0.2, 0) is 25.7 Å². The van der Waals surface area contributed by atoms with Crippen LogP contribution in [0.4, 0.5) is 0 Å². The van der Waals surface area contributed by atoms with E-state index in [1.807, 2.05) is 0 Å². The average molecular weight is 763 g/mol. The van der Waals surface area contributed by atoms with Crippen LogP contribution in [0.25, 0.3) is 32.7 Å². The topological polar surface area (TPSA) is 0 Å². The van der Waals surface area contributed by atoms with Crippen molar-refractivity contribution in [3.63, 3.8) is 0 Å². The van der Waals surface area contributed by atoms with Gasteiger partial charge in [0.1, 0.15) is 0 Å². The van der Waals surface area contributed by atoms with Gasteiger partial charge in [0.05, 0.1) is 0 Å². The van der Waals surface area contributed by atoms with Gasteiger partial charge < -0.3 is 0 Å². The van der Waals surface area contributed by atoms with Crippen molar-refractivity contribution >= 4 is 77.0 Å². The fraction of sp³-hybridized carbons (Fsp3) is 0.0833. The Bertz CT molecular complexity index is 2340. The molecule has 8 aromatic carbocycles. The molecule has 2 atom stereocenters. The molecule has 0 N–H and O–H groups in total. The maximum atomic E-state index is 2.46. The zero-order valence-corrected chi connectivity index (χ0v) is 31.6. The molecule has 10 rings (SSSR count). The second-order valence-corrected chi connectivity index (χ2v) is 22.8. The van der Waals surface area contributed by atoms with E-state index in [2.05, 4.69) is 170 Å². The first-order valence-corrected chi connectivity index (χ1v) is 23.4. The summed E-state index contributed by atoms with van der Waals surface area (Å²) in [5.74, 6) is 0. The third kappa shape index (κ3) is 5.12. The molecule has 8 aromatic rings. The number of hydrogen-bond donors (Lipinski definition) is 0. The van der Waals surface area contributed by atoms with Gasteiger partial charge in [-0.15, -0.1) is 0 Å². The normalized spacial score (nSPS) is 14.3. The minimum absolute atomic E-state index is 1.16. The van der Waals surface area contributed by atoms with Crippen molar-refractivity contribution < 1.29 is 0 Å². The van der Waals surface area contributed by atoms with Crippen LogP contribution in [0.2, 0.25) is 0 Å². The monoisotopic (exact) mass is 762 g/mol. The van der Waals surface area contributed by atoms with E-state index in [0.29, 0.717) is 0 Å². The van der Waals surface area contributed by atoms with Crippen molar-refractivity contribution in [3.05, 3.63) is 192 Å². The second kappa shape index (κ2) is 12.6. The van der Waals surface area contributed by atoms with E-state index in [1.54, 1.807) is 19.8 Å². The number of hydrogen-bond acceptors (Lipinski definition) is 0. The molecule has 0 saturated heterocycles. The molecule has 2 aliphatic rings. The molecule has 0 saturated carbocycles. The fourth-order valence-corrected chi connectivity index (χ4v) is 19.0. The average Bonchev–Trinajstić information content (AvgIpc) is 3.83. The Morgan fingerprint density at radius 3 is 1.12 bits per heavy atom. The van der Waals surface area contributed by atoms with E-state index >= 15 is 0 Å². The summed E-state index contributed by atoms with van der Waals surface area (Å²) in [6, 6.07) is 65.2. The summed E-state index contributed by atoms with van der Waals surface area (Å²) in [6.45, 7) is 0. The van der Waals surface area contributed by atoms with E-state index in [9.17, 15) is 0 Å². The Morgan fingerprint density at radius 1 is 0.300 bits per heavy atom. The molecule has 2 heteroatoms. The van der Waals surface area contributed by atoms with E-state index in [1.165, 1.54) is 61.2 Å². The van der Waals surface area contributed by atoms with Crippen molar-refractivity contribution in [1.82, 2.24) is 0 Å². The summed E-state index contributed by atoms with van der Waals surface area (Å²) < 4.78 is 9.18. The molecule has 2 unspecified atom stereocenters. The molecule has 0 radical (unpaired) electrons. The predicted octanol–water partition coefficient (Wildman–Crippen LogP) is 6.89. The summed E-state index contributed by atoms with van der Waals surface area (Å²) in [7, 11) is 0. The molecule has 0 heterocycles. The van der Waals surface area contributed by atoms with Gasteiger partial charge in [-0.25, -0.2) is 0 Å². The molecule has 2 aliphatic carbocycles. The summed E-state index contributed by atoms with van der Waals surface area (Å²) in [4.78, 5) is 0. The van der Waals surface area contributed by atoms with Crippen LogP contribution in [0.3, 0.4) is 0 Å². The summed E-state index contributed by atoms with van der Waals surface area (Å²) >= 11 is -3.51. The quantitative estimate of drug-likeness (QED) is 0.155. The Hall–Kier alpha value is -4.60. The zero-order chi connectivity index (χ0) is 33.0. The molecular formula is C48H36As2. The summed E-state index contributed by atoms with van der Waals surface area (Å²) in [5.41, 5.74) is 8.82. The fourth-order valence-electron chi connectivity index (χ4n) is 8.52. The van der Waals surface area contributed by atoms with Gasteiger partial charge in [0, 0.05) is 0 Å². The van der Waals surface area contributed by atoms with Gasteiger partial charge in [0.25, 0.3) is 0 Å². The van der Waals surface area contributed by atoms with E-state index < -0.39 is 29.3 Å². The Kier molecular flexibility index (Phi) is 7.63. The molecule has 0 aromatic heterocycles. The molecule has 0 spiro atoms. The molecule has 0 bridgehead atoms. The van der Waals surface area contributed by atoms with E-state index in [0.717, 1.165) is 25.7 Å². The van der Waals surface area contributed by atoms with Crippen LogP contribution in [0.5, 0.6) is 0 Å². The van der Waals surface area contributed by atoms with Gasteiger partial charge in [0.15, 0.2) is 0 Å². The van der Waals surface area contributed by atoms with Crippen LogP contribution >= 0.6 is 0 Å². The van der Waals surface area contributed by atoms with Crippen LogP contribution in [0.1, 0.15) is 22.3 Å². The third-order valence-electron chi connectivity index (χ3n) is 10.8. The first-order valence-electron chi connectivity index (χ1n) is 17.8. The Balaban J connectivity index is 1.01. The van der Waals surface area contributed by atoms with Gasteiger partial charge in [-0.3, -0.25) is 0 Å². The molecule has 0 nitrogen and oxygen atoms in total.